The molecule has 0 atom stereocenters. The molecule has 0 fully saturated rings. The number of hydrogen-bond donors (Lipinski definition) is 0. The molecule has 0 spiro atoms. The van der Waals surface area contributed by atoms with E-state index >= 15 is 0 Å². The zero-order valence-electron chi connectivity index (χ0n) is 7.26. The molecule has 0 N–H and O–H groups in total. The molecule has 1 aromatic heterocycles. The van der Waals surface area contributed by atoms with Crippen molar-refractivity contribution in [2.24, 2.45) is 0 Å². The molecular weight excluding hydrogens is 138 g/mol. The monoisotopic (exact) mass is 153 g/mol. The second kappa shape index (κ2) is 4.16. The average molecular weight is 153 g/mol. The third kappa shape index (κ3) is 2.74. The largest absolute Gasteiger partial charge is 0.449 e. The Morgan fingerprint density at radius 1 is 1.45 bits per heavy atom. The van der Waals surface area contributed by atoms with E-state index < -0.39 is 0 Å². The van der Waals surface area contributed by atoms with Gasteiger partial charge in [0.05, 0.1) is 5.69 Å². The lowest BCUT2D eigenvalue weighted by molar-refractivity contribution is 0.520. The highest BCUT2D eigenvalue weighted by Crippen LogP contribution is 2.05. The first-order valence-electron chi connectivity index (χ1n) is 4.24. The first kappa shape index (κ1) is 8.31. The quantitative estimate of drug-likeness (QED) is 0.621. The second-order valence-electron chi connectivity index (χ2n) is 2.81. The second-order valence-corrected chi connectivity index (χ2v) is 2.81. The van der Waals surface area contributed by atoms with E-state index in [-0.39, 0.29) is 0 Å². The van der Waals surface area contributed by atoms with Crippen molar-refractivity contribution in [1.82, 2.24) is 4.98 Å². The van der Waals surface area contributed by atoms with Crippen molar-refractivity contribution < 1.29 is 4.42 Å². The van der Waals surface area contributed by atoms with Crippen LogP contribution >= 0.6 is 0 Å². The minimum absolute atomic E-state index is 0.775. The molecule has 2 nitrogen and oxygen atoms in total. The molecule has 0 saturated carbocycles. The van der Waals surface area contributed by atoms with Crippen molar-refractivity contribution in [3.8, 4) is 0 Å². The Bertz CT molecular complexity index is 205. The zero-order valence-corrected chi connectivity index (χ0v) is 7.26. The highest BCUT2D eigenvalue weighted by Gasteiger charge is 1.97. The number of rotatable bonds is 4. The van der Waals surface area contributed by atoms with Crippen LogP contribution in [0.2, 0.25) is 0 Å². The number of aryl methyl sites for hydroxylation is 2. The van der Waals surface area contributed by atoms with Gasteiger partial charge in [-0.2, -0.15) is 0 Å². The summed E-state index contributed by atoms with van der Waals surface area (Å²) in [5.74, 6) is 0.775. The molecule has 2 heteroatoms. The first-order valence-corrected chi connectivity index (χ1v) is 4.24. The van der Waals surface area contributed by atoms with Gasteiger partial charge in [0.1, 0.15) is 6.26 Å². The summed E-state index contributed by atoms with van der Waals surface area (Å²) in [5, 5.41) is 0. The highest BCUT2D eigenvalue weighted by molar-refractivity contribution is 4.94. The summed E-state index contributed by atoms with van der Waals surface area (Å²) in [7, 11) is 0. The third-order valence-electron chi connectivity index (χ3n) is 1.70. The summed E-state index contributed by atoms with van der Waals surface area (Å²) in [6.45, 7) is 4.08. The van der Waals surface area contributed by atoms with E-state index in [2.05, 4.69) is 11.9 Å². The van der Waals surface area contributed by atoms with Gasteiger partial charge in [-0.25, -0.2) is 4.98 Å². The Balaban J connectivity index is 2.27. The Morgan fingerprint density at radius 3 is 2.82 bits per heavy atom. The molecule has 0 aromatic carbocycles. The first-order chi connectivity index (χ1) is 5.33. The fraction of sp³-hybridized carbons (Fsp3) is 0.667. The number of hydrogen-bond acceptors (Lipinski definition) is 2. The third-order valence-corrected chi connectivity index (χ3v) is 1.70. The fourth-order valence-corrected chi connectivity index (χ4v) is 1.08. The Labute approximate surface area is 67.6 Å². The molecule has 0 saturated heterocycles. The number of unbranched alkanes of at least 4 members (excludes halogenated alkanes) is 2. The zero-order chi connectivity index (χ0) is 8.10. The molecule has 0 unspecified atom stereocenters. The van der Waals surface area contributed by atoms with E-state index in [9.17, 15) is 0 Å². The molecule has 11 heavy (non-hydrogen) atoms. The highest BCUT2D eigenvalue weighted by atomic mass is 16.3. The Kier molecular flexibility index (Phi) is 3.14. The van der Waals surface area contributed by atoms with E-state index in [0.717, 1.165) is 18.0 Å². The molecule has 0 aliphatic heterocycles. The van der Waals surface area contributed by atoms with Gasteiger partial charge in [0, 0.05) is 6.92 Å². The van der Waals surface area contributed by atoms with Crippen molar-refractivity contribution >= 4 is 0 Å². The van der Waals surface area contributed by atoms with Gasteiger partial charge in [0.15, 0.2) is 5.89 Å². The number of aromatic nitrogens is 1. The van der Waals surface area contributed by atoms with Crippen LogP contribution in [0.5, 0.6) is 0 Å². The van der Waals surface area contributed by atoms with Crippen molar-refractivity contribution in [1.29, 1.82) is 0 Å². The van der Waals surface area contributed by atoms with Crippen molar-refractivity contribution in [3.05, 3.63) is 17.8 Å². The number of nitrogens with zero attached hydrogens (tertiary/aromatic N) is 1. The summed E-state index contributed by atoms with van der Waals surface area (Å²) in [6.07, 6.45) is 6.58. The summed E-state index contributed by atoms with van der Waals surface area (Å²) in [5.41, 5.74) is 1.09. The van der Waals surface area contributed by atoms with Gasteiger partial charge < -0.3 is 4.42 Å². The summed E-state index contributed by atoms with van der Waals surface area (Å²) < 4.78 is 5.08. The van der Waals surface area contributed by atoms with Gasteiger partial charge >= 0.3 is 0 Å². The lowest BCUT2D eigenvalue weighted by Crippen LogP contribution is -1.84. The van der Waals surface area contributed by atoms with E-state index in [1.807, 2.05) is 6.92 Å². The lowest BCUT2D eigenvalue weighted by atomic mass is 10.2. The maximum absolute atomic E-state index is 5.08. The summed E-state index contributed by atoms with van der Waals surface area (Å²) in [6, 6.07) is 0. The van der Waals surface area contributed by atoms with Gasteiger partial charge in [0.2, 0.25) is 0 Å². The van der Waals surface area contributed by atoms with Gasteiger partial charge in [-0.15, -0.1) is 0 Å². The van der Waals surface area contributed by atoms with Gasteiger partial charge in [-0.3, -0.25) is 0 Å². The van der Waals surface area contributed by atoms with Crippen LogP contribution in [0, 0.1) is 6.92 Å². The Morgan fingerprint density at radius 2 is 2.27 bits per heavy atom. The van der Waals surface area contributed by atoms with E-state index in [0.29, 0.717) is 0 Å². The van der Waals surface area contributed by atoms with Crippen LogP contribution in [-0.4, -0.2) is 4.98 Å². The lowest BCUT2D eigenvalue weighted by Gasteiger charge is -1.92. The van der Waals surface area contributed by atoms with Crippen LogP contribution in [0.15, 0.2) is 10.7 Å². The molecule has 0 aliphatic carbocycles. The molecular formula is C9H15NO. The number of oxazole rings is 1. The van der Waals surface area contributed by atoms with Crippen LogP contribution in [0.3, 0.4) is 0 Å². The normalized spacial score (nSPS) is 10.4. The van der Waals surface area contributed by atoms with Crippen molar-refractivity contribution in [3.63, 3.8) is 0 Å². The molecule has 0 aliphatic rings. The van der Waals surface area contributed by atoms with Crippen LogP contribution in [0.1, 0.15) is 37.8 Å². The van der Waals surface area contributed by atoms with E-state index in [1.54, 1.807) is 6.26 Å². The average Bonchev–Trinajstić information content (AvgIpc) is 2.37. The van der Waals surface area contributed by atoms with Crippen molar-refractivity contribution in [2.75, 3.05) is 0 Å². The molecule has 0 radical (unpaired) electrons. The van der Waals surface area contributed by atoms with Gasteiger partial charge in [0.25, 0.3) is 0 Å². The predicted molar refractivity (Wildman–Crippen MR) is 44.5 cm³/mol. The van der Waals surface area contributed by atoms with E-state index in [4.69, 9.17) is 4.42 Å². The maximum Gasteiger partial charge on any atom is 0.191 e. The standard InChI is InChI=1S/C9H15NO/c1-3-4-5-6-9-7-11-8(2)10-9/h7H,3-6H2,1-2H3. The molecule has 1 aromatic rings. The van der Waals surface area contributed by atoms with Gasteiger partial charge in [-0.1, -0.05) is 19.8 Å². The van der Waals surface area contributed by atoms with Gasteiger partial charge in [-0.05, 0) is 12.8 Å². The predicted octanol–water partition coefficient (Wildman–Crippen LogP) is 2.72. The topological polar surface area (TPSA) is 26.0 Å². The van der Waals surface area contributed by atoms with Crippen LogP contribution < -0.4 is 0 Å². The minimum atomic E-state index is 0.775. The summed E-state index contributed by atoms with van der Waals surface area (Å²) >= 11 is 0. The smallest absolute Gasteiger partial charge is 0.191 e. The molecule has 0 bridgehead atoms. The van der Waals surface area contributed by atoms with Crippen molar-refractivity contribution in [2.45, 2.75) is 39.5 Å². The van der Waals surface area contributed by atoms with Crippen LogP contribution in [0.25, 0.3) is 0 Å². The fourth-order valence-electron chi connectivity index (χ4n) is 1.08. The van der Waals surface area contributed by atoms with E-state index in [1.165, 1.54) is 19.3 Å². The van der Waals surface area contributed by atoms with Crippen LogP contribution in [-0.2, 0) is 6.42 Å². The SMILES string of the molecule is CCCCCc1coc(C)n1. The summed E-state index contributed by atoms with van der Waals surface area (Å²) in [4.78, 5) is 4.22. The maximum atomic E-state index is 5.08. The minimum Gasteiger partial charge on any atom is -0.449 e. The van der Waals surface area contributed by atoms with Crippen LogP contribution in [0.4, 0.5) is 0 Å². The Hall–Kier alpha value is -0.790. The molecule has 1 rings (SSSR count). The molecule has 62 valence electrons. The molecule has 1 heterocycles. The molecule has 0 amide bonds.